The van der Waals surface area contributed by atoms with Crippen molar-refractivity contribution in [2.75, 3.05) is 6.54 Å². The molecule has 1 heterocycles. The molecule has 1 aliphatic rings. The van der Waals surface area contributed by atoms with Gasteiger partial charge in [-0.05, 0) is 25.0 Å². The van der Waals surface area contributed by atoms with Crippen molar-refractivity contribution in [2.24, 2.45) is 0 Å². The largest absolute Gasteiger partial charge is 0.274 e. The topological polar surface area (TPSA) is 37.4 Å². The lowest BCUT2D eigenvalue weighted by molar-refractivity contribution is 0.0652. The van der Waals surface area contributed by atoms with E-state index in [-0.39, 0.29) is 23.7 Å². The van der Waals surface area contributed by atoms with Gasteiger partial charge in [-0.25, -0.2) is 0 Å². The van der Waals surface area contributed by atoms with Gasteiger partial charge in [-0.1, -0.05) is 19.1 Å². The zero-order valence-corrected chi connectivity index (χ0v) is 15.5. The third-order valence-corrected chi connectivity index (χ3v) is 6.50. The Morgan fingerprint density at radius 1 is 0.913 bits per heavy atom. The Kier molecular flexibility index (Phi) is 6.61. The monoisotopic (exact) mass is 395 g/mol. The van der Waals surface area contributed by atoms with E-state index in [1.54, 1.807) is 24.3 Å². The number of benzene rings is 1. The fourth-order valence-corrected chi connectivity index (χ4v) is 3.69. The normalized spacial score (nSPS) is 19.4. The fraction of sp³-hybridized carbons (Fsp3) is 0.500. The predicted molar refractivity (Wildman–Crippen MR) is 95.3 cm³/mol. The molecule has 7 heteroatoms. The highest BCUT2D eigenvalue weighted by molar-refractivity contribution is 6.38. The molecule has 23 heavy (non-hydrogen) atoms. The van der Waals surface area contributed by atoms with Gasteiger partial charge in [0.25, 0.3) is 11.8 Å². The van der Waals surface area contributed by atoms with Crippen molar-refractivity contribution >= 4 is 58.2 Å². The number of carbonyl (C=O) groups excluding carboxylic acids is 2. The summed E-state index contributed by atoms with van der Waals surface area (Å²) in [6, 6.07) is 6.75. The highest BCUT2D eigenvalue weighted by Crippen LogP contribution is 2.29. The second-order valence-corrected chi connectivity index (χ2v) is 7.55. The average molecular weight is 397 g/mol. The Balaban J connectivity index is 1.97. The molecule has 0 saturated heterocycles. The van der Waals surface area contributed by atoms with Gasteiger partial charge in [0.05, 0.1) is 32.6 Å². The molecule has 0 aromatic heterocycles. The van der Waals surface area contributed by atoms with Gasteiger partial charge in [-0.15, -0.1) is 46.4 Å². The minimum atomic E-state index is -0.545. The summed E-state index contributed by atoms with van der Waals surface area (Å²) in [7, 11) is 0. The summed E-state index contributed by atoms with van der Waals surface area (Å²) in [5.41, 5.74) is 0.848. The van der Waals surface area contributed by atoms with Gasteiger partial charge in [0.1, 0.15) is 0 Å². The quantitative estimate of drug-likeness (QED) is 0.502. The molecule has 1 aromatic rings. The summed E-state index contributed by atoms with van der Waals surface area (Å²) >= 11 is 24.9. The van der Waals surface area contributed by atoms with Crippen LogP contribution in [0.1, 0.15) is 40.5 Å². The Labute approximate surface area is 155 Å². The average Bonchev–Trinajstić information content (AvgIpc) is 2.82. The maximum Gasteiger partial charge on any atom is 0.261 e. The van der Waals surface area contributed by atoms with Crippen LogP contribution in [0.2, 0.25) is 0 Å². The summed E-state index contributed by atoms with van der Waals surface area (Å²) < 4.78 is 0. The van der Waals surface area contributed by atoms with E-state index in [2.05, 4.69) is 0 Å². The highest BCUT2D eigenvalue weighted by atomic mass is 35.5. The van der Waals surface area contributed by atoms with Crippen LogP contribution in [0.5, 0.6) is 0 Å². The maximum absolute atomic E-state index is 12.3. The van der Waals surface area contributed by atoms with Crippen LogP contribution in [0.25, 0.3) is 0 Å². The van der Waals surface area contributed by atoms with E-state index < -0.39 is 16.1 Å². The van der Waals surface area contributed by atoms with Crippen molar-refractivity contribution < 1.29 is 9.59 Å². The van der Waals surface area contributed by atoms with Gasteiger partial charge >= 0.3 is 0 Å². The first-order valence-corrected chi connectivity index (χ1v) is 9.14. The Bertz CT molecular complexity index is 560. The molecule has 0 N–H and O–H groups in total. The molecule has 2 amide bonds. The first-order valence-electron chi connectivity index (χ1n) is 7.40. The number of amides is 2. The summed E-state index contributed by atoms with van der Waals surface area (Å²) in [5, 5.41) is -1.79. The van der Waals surface area contributed by atoms with Crippen LogP contribution in [-0.2, 0) is 0 Å². The number of hydrogen-bond acceptors (Lipinski definition) is 2. The van der Waals surface area contributed by atoms with Crippen molar-refractivity contribution in [2.45, 2.75) is 41.3 Å². The molecule has 1 aromatic carbocycles. The van der Waals surface area contributed by atoms with E-state index >= 15 is 0 Å². The van der Waals surface area contributed by atoms with Crippen molar-refractivity contribution in [1.82, 2.24) is 4.90 Å². The standard InChI is InChI=1S/C16H17Cl4NO2/c1-2-11(17)13(19)14(20)12(18)7-8-21-15(22)9-5-3-4-6-10(9)16(21)23/h3-6,11-14H,2,7-8H2,1H3. The van der Waals surface area contributed by atoms with Crippen LogP contribution in [0.15, 0.2) is 24.3 Å². The second kappa shape index (κ2) is 8.06. The molecule has 0 bridgehead atoms. The number of carbonyl (C=O) groups is 2. The second-order valence-electron chi connectivity index (χ2n) is 5.43. The van der Waals surface area contributed by atoms with E-state index in [0.29, 0.717) is 24.0 Å². The smallest absolute Gasteiger partial charge is 0.261 e. The molecule has 126 valence electrons. The van der Waals surface area contributed by atoms with E-state index in [1.165, 1.54) is 4.90 Å². The molecular weight excluding hydrogens is 380 g/mol. The molecule has 4 atom stereocenters. The molecule has 1 aliphatic heterocycles. The van der Waals surface area contributed by atoms with Crippen LogP contribution >= 0.6 is 46.4 Å². The molecule has 3 nitrogen and oxygen atoms in total. The van der Waals surface area contributed by atoms with Crippen LogP contribution in [0.4, 0.5) is 0 Å². The van der Waals surface area contributed by atoms with Crippen molar-refractivity contribution in [3.8, 4) is 0 Å². The lowest BCUT2D eigenvalue weighted by Gasteiger charge is -2.25. The number of fused-ring (bicyclic) bond motifs is 1. The van der Waals surface area contributed by atoms with Crippen molar-refractivity contribution in [3.05, 3.63) is 35.4 Å². The van der Waals surface area contributed by atoms with E-state index in [9.17, 15) is 9.59 Å². The maximum atomic E-state index is 12.3. The summed E-state index contributed by atoms with van der Waals surface area (Å²) in [6.45, 7) is 2.12. The van der Waals surface area contributed by atoms with Crippen molar-refractivity contribution in [3.63, 3.8) is 0 Å². The minimum Gasteiger partial charge on any atom is -0.274 e. The Morgan fingerprint density at radius 2 is 1.39 bits per heavy atom. The molecule has 2 rings (SSSR count). The summed E-state index contributed by atoms with van der Waals surface area (Å²) in [4.78, 5) is 25.7. The van der Waals surface area contributed by atoms with Gasteiger partial charge < -0.3 is 0 Å². The van der Waals surface area contributed by atoms with Crippen LogP contribution in [0, 0.1) is 0 Å². The van der Waals surface area contributed by atoms with E-state index in [0.717, 1.165) is 0 Å². The van der Waals surface area contributed by atoms with Crippen molar-refractivity contribution in [1.29, 1.82) is 0 Å². The van der Waals surface area contributed by atoms with E-state index in [1.807, 2.05) is 6.92 Å². The zero-order chi connectivity index (χ0) is 17.1. The molecule has 0 radical (unpaired) electrons. The van der Waals surface area contributed by atoms with Gasteiger partial charge in [0.2, 0.25) is 0 Å². The number of halogens is 4. The summed E-state index contributed by atoms with van der Waals surface area (Å²) in [6.07, 6.45) is 1.04. The lowest BCUT2D eigenvalue weighted by atomic mass is 10.1. The van der Waals surface area contributed by atoms with Gasteiger partial charge in [-0.3, -0.25) is 14.5 Å². The van der Waals surface area contributed by atoms with Gasteiger partial charge in [0.15, 0.2) is 0 Å². The number of hydrogen-bond donors (Lipinski definition) is 0. The lowest BCUT2D eigenvalue weighted by Crippen LogP contribution is -2.36. The highest BCUT2D eigenvalue weighted by Gasteiger charge is 2.36. The summed E-state index contributed by atoms with van der Waals surface area (Å²) in [5.74, 6) is -0.599. The molecule has 0 aliphatic carbocycles. The zero-order valence-electron chi connectivity index (χ0n) is 12.5. The first kappa shape index (κ1) is 18.9. The number of rotatable bonds is 7. The number of alkyl halides is 4. The molecule has 0 saturated carbocycles. The fourth-order valence-electron chi connectivity index (χ4n) is 2.48. The first-order chi connectivity index (χ1) is 10.9. The third-order valence-electron chi connectivity index (χ3n) is 3.89. The molecule has 0 spiro atoms. The SMILES string of the molecule is CCC(Cl)C(Cl)C(Cl)C(Cl)CCN1C(=O)c2ccccc2C1=O. The van der Waals surface area contributed by atoms with Gasteiger partial charge in [-0.2, -0.15) is 0 Å². The Morgan fingerprint density at radius 3 is 1.87 bits per heavy atom. The third kappa shape index (κ3) is 3.96. The molecular formula is C16H17Cl4NO2. The van der Waals surface area contributed by atoms with Crippen LogP contribution in [0.3, 0.4) is 0 Å². The minimum absolute atomic E-state index is 0.201. The van der Waals surface area contributed by atoms with E-state index in [4.69, 9.17) is 46.4 Å². The molecule has 4 unspecified atom stereocenters. The van der Waals surface area contributed by atoms with Crippen LogP contribution in [-0.4, -0.2) is 44.8 Å². The predicted octanol–water partition coefficient (Wildman–Crippen LogP) is 4.51. The number of nitrogens with zero attached hydrogens (tertiary/aromatic N) is 1. The van der Waals surface area contributed by atoms with Crippen LogP contribution < -0.4 is 0 Å². The Hall–Kier alpha value is -0.480. The molecule has 0 fully saturated rings. The van der Waals surface area contributed by atoms with Gasteiger partial charge in [0, 0.05) is 6.54 Å². The number of imide groups is 1.